The van der Waals surface area contributed by atoms with E-state index in [1.54, 1.807) is 19.3 Å². The number of hydrogen-bond acceptors (Lipinski definition) is 0. The summed E-state index contributed by atoms with van der Waals surface area (Å²) in [6.07, 6.45) is 10.7. The van der Waals surface area contributed by atoms with E-state index < -0.39 is 0 Å². The van der Waals surface area contributed by atoms with Crippen LogP contribution < -0.4 is 0 Å². The zero-order valence-corrected chi connectivity index (χ0v) is 11.3. The number of rotatable bonds is 2. The van der Waals surface area contributed by atoms with Crippen molar-refractivity contribution in [1.29, 1.82) is 0 Å². The van der Waals surface area contributed by atoms with Gasteiger partial charge < -0.3 is 0 Å². The van der Waals surface area contributed by atoms with Crippen LogP contribution >= 0.6 is 0 Å². The van der Waals surface area contributed by atoms with Crippen molar-refractivity contribution in [2.24, 2.45) is 35.0 Å². The molecular weight excluding hydrogens is 192 g/mol. The molecule has 92 valence electrons. The number of fused-ring (bicyclic) bond motifs is 3. The number of hydrogen-bond donors (Lipinski definition) is 0. The van der Waals surface area contributed by atoms with Gasteiger partial charge in [-0.2, -0.15) is 0 Å². The van der Waals surface area contributed by atoms with Crippen LogP contribution in [0.2, 0.25) is 0 Å². The van der Waals surface area contributed by atoms with Gasteiger partial charge in [0.1, 0.15) is 0 Å². The van der Waals surface area contributed by atoms with Crippen LogP contribution in [0.25, 0.3) is 0 Å². The van der Waals surface area contributed by atoms with Crippen LogP contribution in [0, 0.1) is 35.0 Å². The first-order valence-electron chi connectivity index (χ1n) is 7.68. The van der Waals surface area contributed by atoms with Gasteiger partial charge in [0.2, 0.25) is 0 Å². The summed E-state index contributed by atoms with van der Waals surface area (Å²) in [5, 5.41) is 0. The van der Waals surface area contributed by atoms with Crippen LogP contribution in [-0.2, 0) is 0 Å². The van der Waals surface area contributed by atoms with Gasteiger partial charge in [-0.1, -0.05) is 33.6 Å². The Hall–Kier alpha value is 0. The van der Waals surface area contributed by atoms with Gasteiger partial charge in [0.25, 0.3) is 0 Å². The molecule has 0 spiro atoms. The van der Waals surface area contributed by atoms with Crippen LogP contribution in [0.15, 0.2) is 0 Å². The highest BCUT2D eigenvalue weighted by molar-refractivity contribution is 5.07. The smallest absolute Gasteiger partial charge is 0.0292 e. The van der Waals surface area contributed by atoms with E-state index in [4.69, 9.17) is 0 Å². The maximum absolute atomic E-state index is 2.63. The summed E-state index contributed by atoms with van der Waals surface area (Å²) >= 11 is 0. The third-order valence-corrected chi connectivity index (χ3v) is 6.45. The van der Waals surface area contributed by atoms with E-state index in [1.165, 1.54) is 25.7 Å². The van der Waals surface area contributed by atoms with Gasteiger partial charge in [-0.15, -0.1) is 0 Å². The molecule has 6 atom stereocenters. The van der Waals surface area contributed by atoms with Gasteiger partial charge in [0.15, 0.2) is 0 Å². The minimum Gasteiger partial charge on any atom is -0.0651 e. The zero-order valence-electron chi connectivity index (χ0n) is 11.3. The summed E-state index contributed by atoms with van der Waals surface area (Å²) in [6.45, 7) is 7.44. The molecule has 0 aromatic rings. The molecule has 3 aliphatic carbocycles. The van der Waals surface area contributed by atoms with E-state index in [-0.39, 0.29) is 0 Å². The second-order valence-electron chi connectivity index (χ2n) is 7.25. The Morgan fingerprint density at radius 2 is 1.88 bits per heavy atom. The molecule has 0 bridgehead atoms. The van der Waals surface area contributed by atoms with Crippen LogP contribution in [0.4, 0.5) is 0 Å². The fourth-order valence-electron chi connectivity index (χ4n) is 5.23. The first kappa shape index (κ1) is 11.1. The standard InChI is InChI=1S/C16H28/c1-4-11-6-7-16(3)10-12(5-2)13-9-14(13)15(16)8-11/h11-15H,4-10H2,1-3H3. The van der Waals surface area contributed by atoms with Crippen molar-refractivity contribution in [2.45, 2.75) is 65.7 Å². The second kappa shape index (κ2) is 3.75. The molecule has 0 amide bonds. The average molecular weight is 220 g/mol. The lowest BCUT2D eigenvalue weighted by Gasteiger charge is -2.50. The van der Waals surface area contributed by atoms with Crippen molar-refractivity contribution in [2.75, 3.05) is 0 Å². The van der Waals surface area contributed by atoms with E-state index in [1.807, 2.05) is 0 Å². The van der Waals surface area contributed by atoms with Crippen molar-refractivity contribution in [3.8, 4) is 0 Å². The van der Waals surface area contributed by atoms with Gasteiger partial charge in [-0.3, -0.25) is 0 Å². The van der Waals surface area contributed by atoms with Gasteiger partial charge in [-0.05, 0) is 67.1 Å². The Labute approximate surface area is 101 Å². The van der Waals surface area contributed by atoms with Gasteiger partial charge >= 0.3 is 0 Å². The van der Waals surface area contributed by atoms with E-state index in [9.17, 15) is 0 Å². The quantitative estimate of drug-likeness (QED) is 0.622. The summed E-state index contributed by atoms with van der Waals surface area (Å²) < 4.78 is 0. The minimum absolute atomic E-state index is 0.740. The topological polar surface area (TPSA) is 0 Å². The van der Waals surface area contributed by atoms with Gasteiger partial charge in [-0.25, -0.2) is 0 Å². The van der Waals surface area contributed by atoms with Crippen LogP contribution in [0.5, 0.6) is 0 Å². The Morgan fingerprint density at radius 1 is 1.06 bits per heavy atom. The molecule has 0 saturated heterocycles. The summed E-state index contributed by atoms with van der Waals surface area (Å²) in [5.74, 6) is 5.57. The molecule has 0 aromatic carbocycles. The van der Waals surface area contributed by atoms with Crippen LogP contribution in [0.1, 0.15) is 65.7 Å². The third kappa shape index (κ3) is 1.56. The molecular formula is C16H28. The molecule has 16 heavy (non-hydrogen) atoms. The molecule has 3 fully saturated rings. The molecule has 0 aliphatic heterocycles. The summed E-state index contributed by atoms with van der Waals surface area (Å²) in [4.78, 5) is 0. The van der Waals surface area contributed by atoms with Crippen molar-refractivity contribution in [3.05, 3.63) is 0 Å². The lowest BCUT2D eigenvalue weighted by Crippen LogP contribution is -2.41. The van der Waals surface area contributed by atoms with E-state index >= 15 is 0 Å². The largest absolute Gasteiger partial charge is 0.0651 e. The van der Waals surface area contributed by atoms with Gasteiger partial charge in [0, 0.05) is 0 Å². The second-order valence-corrected chi connectivity index (χ2v) is 7.25. The molecule has 3 aliphatic rings. The maximum Gasteiger partial charge on any atom is -0.0292 e. The monoisotopic (exact) mass is 220 g/mol. The van der Waals surface area contributed by atoms with E-state index in [0.717, 1.165) is 35.0 Å². The Bertz CT molecular complexity index is 269. The van der Waals surface area contributed by atoms with Crippen molar-refractivity contribution in [1.82, 2.24) is 0 Å². The van der Waals surface area contributed by atoms with Crippen LogP contribution in [0.3, 0.4) is 0 Å². The van der Waals surface area contributed by atoms with Crippen molar-refractivity contribution in [3.63, 3.8) is 0 Å². The highest BCUT2D eigenvalue weighted by Crippen LogP contribution is 2.67. The Balaban J connectivity index is 1.77. The Kier molecular flexibility index (Phi) is 2.60. The summed E-state index contributed by atoms with van der Waals surface area (Å²) in [6, 6.07) is 0. The predicted octanol–water partition coefficient (Wildman–Crippen LogP) is 4.89. The zero-order chi connectivity index (χ0) is 11.3. The molecule has 6 unspecified atom stereocenters. The first-order valence-corrected chi connectivity index (χ1v) is 7.68. The predicted molar refractivity (Wildman–Crippen MR) is 69.2 cm³/mol. The Morgan fingerprint density at radius 3 is 2.56 bits per heavy atom. The first-order chi connectivity index (χ1) is 7.68. The van der Waals surface area contributed by atoms with Crippen LogP contribution in [-0.4, -0.2) is 0 Å². The highest BCUT2D eigenvalue weighted by Gasteiger charge is 2.58. The normalized spacial score (nSPS) is 55.3. The molecule has 0 aromatic heterocycles. The average Bonchev–Trinajstić information content (AvgIpc) is 3.07. The fourth-order valence-corrected chi connectivity index (χ4v) is 5.23. The lowest BCUT2D eigenvalue weighted by atomic mass is 9.55. The molecule has 0 nitrogen and oxygen atoms in total. The van der Waals surface area contributed by atoms with Crippen molar-refractivity contribution < 1.29 is 0 Å². The molecule has 3 saturated carbocycles. The molecule has 3 rings (SSSR count). The SMILES string of the molecule is CCC1CCC2(C)CC(CC)C3CC3C2C1. The van der Waals surface area contributed by atoms with Gasteiger partial charge in [0.05, 0.1) is 0 Å². The molecule has 0 heterocycles. The highest BCUT2D eigenvalue weighted by atomic mass is 14.6. The molecule has 0 radical (unpaired) electrons. The maximum atomic E-state index is 2.63. The fraction of sp³-hybridized carbons (Fsp3) is 1.00. The summed E-state index contributed by atoms with van der Waals surface area (Å²) in [5.41, 5.74) is 0.740. The lowest BCUT2D eigenvalue weighted by molar-refractivity contribution is 0.00123. The molecule has 0 heteroatoms. The third-order valence-electron chi connectivity index (χ3n) is 6.45. The van der Waals surface area contributed by atoms with E-state index in [2.05, 4.69) is 20.8 Å². The molecule has 0 N–H and O–H groups in total. The summed E-state index contributed by atoms with van der Waals surface area (Å²) in [7, 11) is 0. The van der Waals surface area contributed by atoms with Crippen molar-refractivity contribution >= 4 is 0 Å². The van der Waals surface area contributed by atoms with E-state index in [0.29, 0.717) is 0 Å². The minimum atomic E-state index is 0.740.